The van der Waals surface area contributed by atoms with Gasteiger partial charge in [0, 0.05) is 18.8 Å². The molecule has 1 amide bonds. The van der Waals surface area contributed by atoms with Crippen molar-refractivity contribution < 1.29 is 27.7 Å². The van der Waals surface area contributed by atoms with Gasteiger partial charge in [-0.1, -0.05) is 12.1 Å². The average Bonchev–Trinajstić information content (AvgIpc) is 2.65. The van der Waals surface area contributed by atoms with E-state index >= 15 is 0 Å². The molecule has 0 saturated carbocycles. The molecule has 0 aromatic heterocycles. The van der Waals surface area contributed by atoms with Crippen molar-refractivity contribution in [2.24, 2.45) is 4.40 Å². The number of fused-ring (bicyclic) bond motifs is 1. The zero-order valence-corrected chi connectivity index (χ0v) is 15.1. The molecule has 11 nitrogen and oxygen atoms in total. The van der Waals surface area contributed by atoms with E-state index in [1.54, 1.807) is 0 Å². The lowest BCUT2D eigenvalue weighted by Crippen LogP contribution is -2.37. The summed E-state index contributed by atoms with van der Waals surface area (Å²) < 4.78 is 31.4. The Labute approximate surface area is 159 Å². The van der Waals surface area contributed by atoms with Crippen molar-refractivity contribution in [2.45, 2.75) is 0 Å². The number of amidine groups is 1. The molecule has 3 rings (SSSR count). The summed E-state index contributed by atoms with van der Waals surface area (Å²) in [4.78, 5) is 35.8. The Morgan fingerprint density at radius 3 is 2.79 bits per heavy atom. The number of carbonyl (C=O) groups excluding carboxylic acids is 2. The first-order valence-electron chi connectivity index (χ1n) is 7.95. The van der Waals surface area contributed by atoms with Crippen LogP contribution in [0.15, 0.2) is 52.6 Å². The number of hydrogen-bond acceptors (Lipinski definition) is 8. The van der Waals surface area contributed by atoms with Gasteiger partial charge in [-0.15, -0.1) is 4.40 Å². The van der Waals surface area contributed by atoms with Crippen LogP contribution in [0.2, 0.25) is 0 Å². The van der Waals surface area contributed by atoms with Crippen LogP contribution < -0.4 is 5.32 Å². The minimum Gasteiger partial charge on any atom is -0.452 e. The number of esters is 1. The predicted octanol–water partition coefficient (Wildman–Crippen LogP) is 0.574. The highest BCUT2D eigenvalue weighted by Gasteiger charge is 2.25. The Morgan fingerprint density at radius 1 is 1.29 bits per heavy atom. The molecule has 2 aliphatic rings. The molecule has 0 spiro atoms. The van der Waals surface area contributed by atoms with Crippen LogP contribution in [0, 0.1) is 10.1 Å². The molecule has 146 valence electrons. The molecular weight excluding hydrogens is 392 g/mol. The molecule has 2 aliphatic heterocycles. The Hall–Kier alpha value is -3.54. The zero-order valence-electron chi connectivity index (χ0n) is 14.3. The van der Waals surface area contributed by atoms with Crippen LogP contribution in [-0.4, -0.2) is 54.9 Å². The van der Waals surface area contributed by atoms with Gasteiger partial charge in [0.15, 0.2) is 6.61 Å². The second-order valence-electron chi connectivity index (χ2n) is 5.75. The highest BCUT2D eigenvalue weighted by Crippen LogP contribution is 2.23. The van der Waals surface area contributed by atoms with Gasteiger partial charge in [0.25, 0.3) is 21.6 Å². The van der Waals surface area contributed by atoms with Gasteiger partial charge >= 0.3 is 5.97 Å². The van der Waals surface area contributed by atoms with Crippen molar-refractivity contribution in [3.05, 3.63) is 58.3 Å². The van der Waals surface area contributed by atoms with Crippen molar-refractivity contribution in [3.63, 3.8) is 0 Å². The van der Waals surface area contributed by atoms with E-state index in [1.165, 1.54) is 47.5 Å². The van der Waals surface area contributed by atoms with Gasteiger partial charge < -0.3 is 15.0 Å². The summed E-state index contributed by atoms with van der Waals surface area (Å²) in [5, 5.41) is 13.2. The number of anilines is 1. The molecule has 1 aromatic carbocycles. The van der Waals surface area contributed by atoms with E-state index in [0.29, 0.717) is 0 Å². The highest BCUT2D eigenvalue weighted by molar-refractivity contribution is 7.90. The van der Waals surface area contributed by atoms with Crippen molar-refractivity contribution in [1.29, 1.82) is 0 Å². The zero-order chi connectivity index (χ0) is 20.3. The molecule has 1 N–H and O–H groups in total. The first-order valence-corrected chi connectivity index (χ1v) is 9.56. The summed E-state index contributed by atoms with van der Waals surface area (Å²) >= 11 is 0. The normalized spacial score (nSPS) is 17.1. The molecule has 0 radical (unpaired) electrons. The number of benzene rings is 1. The maximum atomic E-state index is 12.1. The number of carbonyl (C=O) groups is 2. The van der Waals surface area contributed by atoms with E-state index in [4.69, 9.17) is 4.74 Å². The van der Waals surface area contributed by atoms with Gasteiger partial charge in [0.1, 0.15) is 11.5 Å². The van der Waals surface area contributed by atoms with Crippen LogP contribution in [0.5, 0.6) is 0 Å². The third-order valence-corrected chi connectivity index (χ3v) is 4.93. The Morgan fingerprint density at radius 2 is 2.04 bits per heavy atom. The van der Waals surface area contributed by atoms with Crippen LogP contribution in [-0.2, 0) is 24.3 Å². The first-order chi connectivity index (χ1) is 13.2. The van der Waals surface area contributed by atoms with Crippen LogP contribution in [0.1, 0.15) is 0 Å². The van der Waals surface area contributed by atoms with Crippen LogP contribution in [0.4, 0.5) is 11.4 Å². The summed E-state index contributed by atoms with van der Waals surface area (Å²) in [6.45, 7) is -0.508. The molecule has 12 heteroatoms. The number of ether oxygens (including phenoxy) is 1. The number of nitrogens with one attached hydrogen (secondary N) is 1. The van der Waals surface area contributed by atoms with Crippen LogP contribution in [0.3, 0.4) is 0 Å². The lowest BCUT2D eigenvalue weighted by molar-refractivity contribution is -0.383. The van der Waals surface area contributed by atoms with Crippen LogP contribution >= 0.6 is 0 Å². The molecule has 28 heavy (non-hydrogen) atoms. The van der Waals surface area contributed by atoms with E-state index < -0.39 is 33.4 Å². The number of rotatable bonds is 5. The third kappa shape index (κ3) is 4.40. The van der Waals surface area contributed by atoms with E-state index in [0.717, 1.165) is 0 Å². The van der Waals surface area contributed by atoms with Crippen molar-refractivity contribution in [1.82, 2.24) is 4.90 Å². The molecule has 0 aliphatic carbocycles. The Balaban J connectivity index is 1.59. The van der Waals surface area contributed by atoms with E-state index in [9.17, 15) is 28.1 Å². The number of sulfonamides is 1. The van der Waals surface area contributed by atoms with Crippen molar-refractivity contribution in [3.8, 4) is 0 Å². The minimum absolute atomic E-state index is 0.0132. The second-order valence-corrected chi connectivity index (χ2v) is 7.50. The fourth-order valence-corrected chi connectivity index (χ4v) is 3.43. The summed E-state index contributed by atoms with van der Waals surface area (Å²) in [6, 6.07) is 5.57. The Kier molecular flexibility index (Phi) is 5.22. The number of amides is 1. The fraction of sp³-hybridized carbons (Fsp3) is 0.188. The smallest absolute Gasteiger partial charge is 0.340 e. The summed E-state index contributed by atoms with van der Waals surface area (Å²) in [7, 11) is -3.50. The fourth-order valence-electron chi connectivity index (χ4n) is 2.46. The average molecular weight is 406 g/mol. The van der Waals surface area contributed by atoms with Gasteiger partial charge in [0.2, 0.25) is 0 Å². The molecule has 0 saturated heterocycles. The maximum Gasteiger partial charge on any atom is 0.340 e. The van der Waals surface area contributed by atoms with Crippen molar-refractivity contribution in [2.75, 3.05) is 24.2 Å². The topological polar surface area (TPSA) is 148 Å². The largest absolute Gasteiger partial charge is 0.452 e. The lowest BCUT2D eigenvalue weighted by Gasteiger charge is -2.26. The predicted molar refractivity (Wildman–Crippen MR) is 97.8 cm³/mol. The summed E-state index contributed by atoms with van der Waals surface area (Å²) in [6.07, 6.45) is 4.08. The second kappa shape index (κ2) is 7.60. The first kappa shape index (κ1) is 19.2. The van der Waals surface area contributed by atoms with E-state index in [2.05, 4.69) is 9.71 Å². The molecule has 1 aromatic rings. The molecule has 0 unspecified atom stereocenters. The molecule has 2 heterocycles. The monoisotopic (exact) mass is 406 g/mol. The van der Waals surface area contributed by atoms with Crippen LogP contribution in [0.25, 0.3) is 0 Å². The van der Waals surface area contributed by atoms with Gasteiger partial charge in [-0.25, -0.2) is 13.2 Å². The van der Waals surface area contributed by atoms with Gasteiger partial charge in [-0.3, -0.25) is 14.9 Å². The molecule has 0 fully saturated rings. The SMILES string of the molecule is O=C(COC(=O)C1=CN2CCS(=O)(=O)N=C2C=C1)Nc1ccccc1[N+](=O)[O-]. The minimum atomic E-state index is -3.50. The molecule has 0 atom stereocenters. The number of nitro benzene ring substituents is 1. The summed E-state index contributed by atoms with van der Waals surface area (Å²) in [5.74, 6) is -1.53. The number of hydrogen-bond donors (Lipinski definition) is 1. The van der Waals surface area contributed by atoms with Gasteiger partial charge in [-0.2, -0.15) is 0 Å². The van der Waals surface area contributed by atoms with Crippen molar-refractivity contribution >= 4 is 39.1 Å². The maximum absolute atomic E-state index is 12.1. The third-order valence-electron chi connectivity index (χ3n) is 3.77. The quantitative estimate of drug-likeness (QED) is 0.424. The van der Waals surface area contributed by atoms with E-state index in [1.807, 2.05) is 0 Å². The molecule has 0 bridgehead atoms. The lowest BCUT2D eigenvalue weighted by atomic mass is 10.2. The summed E-state index contributed by atoms with van der Waals surface area (Å²) in [5.41, 5.74) is -0.190. The number of para-hydroxylation sites is 2. The van der Waals surface area contributed by atoms with Gasteiger partial charge in [0.05, 0.1) is 16.2 Å². The van der Waals surface area contributed by atoms with E-state index in [-0.39, 0.29) is 35.1 Å². The Bertz CT molecular complexity index is 1040. The standard InChI is InChI=1S/C16H14N4O7S/c21-15(17-12-3-1-2-4-13(12)20(23)24)10-27-16(22)11-5-6-14-18-28(25,26)8-7-19(14)9-11/h1-6,9H,7-8,10H2,(H,17,21). The number of nitrogens with zero attached hydrogens (tertiary/aromatic N) is 3. The highest BCUT2D eigenvalue weighted by atomic mass is 32.2. The van der Waals surface area contributed by atoms with Gasteiger partial charge in [-0.05, 0) is 18.2 Å². The number of nitro groups is 1. The molecular formula is C16H14N4O7S.